The van der Waals surface area contributed by atoms with E-state index in [2.05, 4.69) is 10.3 Å². The minimum Gasteiger partial charge on any atom is -0.393 e. The first-order valence-electron chi connectivity index (χ1n) is 5.67. The summed E-state index contributed by atoms with van der Waals surface area (Å²) in [5.41, 5.74) is 0. The number of aromatic nitrogens is 2. The van der Waals surface area contributed by atoms with Crippen LogP contribution in [0.2, 0.25) is 0 Å². The molecule has 0 bridgehead atoms. The van der Waals surface area contributed by atoms with Crippen LogP contribution in [0.15, 0.2) is 11.6 Å². The molecule has 2 aromatic heterocycles. The van der Waals surface area contributed by atoms with E-state index in [0.29, 0.717) is 23.2 Å². The molecule has 1 fully saturated rings. The van der Waals surface area contributed by atoms with Gasteiger partial charge in [-0.25, -0.2) is 0 Å². The van der Waals surface area contributed by atoms with Crippen molar-refractivity contribution in [2.24, 2.45) is 5.92 Å². The van der Waals surface area contributed by atoms with Gasteiger partial charge in [0.15, 0.2) is 0 Å². The molecule has 8 heteroatoms. The van der Waals surface area contributed by atoms with Gasteiger partial charge < -0.3 is 20.5 Å². The molecule has 7 nitrogen and oxygen atoms in total. The number of hydrogen-bond acceptors (Lipinski definition) is 6. The molecule has 0 aromatic carbocycles. The van der Waals surface area contributed by atoms with Gasteiger partial charge >= 0.3 is 5.82 Å². The van der Waals surface area contributed by atoms with Gasteiger partial charge in [-0.15, -0.1) is 0 Å². The van der Waals surface area contributed by atoms with Crippen LogP contribution in [0.4, 0.5) is 11.6 Å². The van der Waals surface area contributed by atoms with Crippen LogP contribution in [0.3, 0.4) is 0 Å². The zero-order valence-corrected chi connectivity index (χ0v) is 10.3. The lowest BCUT2D eigenvalue weighted by Crippen LogP contribution is -2.33. The molecule has 18 heavy (non-hydrogen) atoms. The van der Waals surface area contributed by atoms with Crippen molar-refractivity contribution in [1.29, 1.82) is 0 Å². The Morgan fingerprint density at radius 1 is 1.67 bits per heavy atom. The number of fused-ring (bicyclic) bond motifs is 1. The lowest BCUT2D eigenvalue weighted by atomic mass is 9.82. The van der Waals surface area contributed by atoms with Gasteiger partial charge in [0.2, 0.25) is 5.82 Å². The topological polar surface area (TPSA) is 92.7 Å². The number of nitrogens with one attached hydrogen (secondary N) is 1. The van der Waals surface area contributed by atoms with Crippen molar-refractivity contribution in [3.8, 4) is 0 Å². The molecule has 0 amide bonds. The van der Waals surface area contributed by atoms with Gasteiger partial charge in [0, 0.05) is 11.9 Å². The van der Waals surface area contributed by atoms with E-state index in [-0.39, 0.29) is 11.9 Å². The normalized spacial score (nSPS) is 22.9. The summed E-state index contributed by atoms with van der Waals surface area (Å²) in [7, 11) is 0. The van der Waals surface area contributed by atoms with Crippen LogP contribution in [0, 0.1) is 16.0 Å². The van der Waals surface area contributed by atoms with Crippen LogP contribution in [0.25, 0.3) is 4.96 Å². The number of anilines is 1. The number of hydrogen-bond donors (Lipinski definition) is 2. The van der Waals surface area contributed by atoms with Gasteiger partial charge in [-0.2, -0.15) is 9.38 Å². The van der Waals surface area contributed by atoms with Crippen molar-refractivity contribution in [2.75, 3.05) is 11.9 Å². The van der Waals surface area contributed by atoms with E-state index >= 15 is 0 Å². The predicted molar refractivity (Wildman–Crippen MR) is 66.9 cm³/mol. The number of nitro groups is 1. The van der Waals surface area contributed by atoms with E-state index in [1.807, 2.05) is 0 Å². The fourth-order valence-corrected chi connectivity index (χ4v) is 2.88. The maximum Gasteiger partial charge on any atom is 0.372 e. The lowest BCUT2D eigenvalue weighted by Gasteiger charge is -2.31. The van der Waals surface area contributed by atoms with E-state index in [1.54, 1.807) is 11.6 Å². The quantitative estimate of drug-likeness (QED) is 0.647. The molecule has 1 saturated carbocycles. The zero-order chi connectivity index (χ0) is 12.7. The van der Waals surface area contributed by atoms with Crippen LogP contribution in [-0.2, 0) is 0 Å². The second-order valence-corrected chi connectivity index (χ2v) is 5.34. The fraction of sp³-hybridized carbons (Fsp3) is 0.500. The number of aliphatic hydroxyl groups excluding tert-OH is 1. The first-order chi connectivity index (χ1) is 8.65. The molecule has 1 aliphatic rings. The van der Waals surface area contributed by atoms with Crippen LogP contribution in [-0.4, -0.2) is 32.1 Å². The minimum atomic E-state index is -0.426. The molecule has 0 radical (unpaired) electrons. The van der Waals surface area contributed by atoms with E-state index in [4.69, 9.17) is 0 Å². The average molecular weight is 268 g/mol. The molecule has 3 rings (SSSR count). The van der Waals surface area contributed by atoms with Gasteiger partial charge in [0.25, 0.3) is 4.96 Å². The summed E-state index contributed by atoms with van der Waals surface area (Å²) in [5.74, 6) is 0.665. The molecule has 0 atom stereocenters. The van der Waals surface area contributed by atoms with Crippen LogP contribution in [0.5, 0.6) is 0 Å². The number of thiazole rings is 1. The highest BCUT2D eigenvalue weighted by atomic mass is 32.1. The molecule has 0 saturated heterocycles. The van der Waals surface area contributed by atoms with E-state index in [1.165, 1.54) is 15.7 Å². The highest BCUT2D eigenvalue weighted by molar-refractivity contribution is 7.15. The van der Waals surface area contributed by atoms with Crippen molar-refractivity contribution in [3.63, 3.8) is 0 Å². The Labute approximate surface area is 106 Å². The Bertz CT molecular complexity index is 587. The van der Waals surface area contributed by atoms with Crippen molar-refractivity contribution in [1.82, 2.24) is 9.38 Å². The third-order valence-corrected chi connectivity index (χ3v) is 3.94. The minimum absolute atomic E-state index is 0.0221. The molecule has 1 aliphatic carbocycles. The van der Waals surface area contributed by atoms with Gasteiger partial charge in [0.05, 0.1) is 6.10 Å². The maximum absolute atomic E-state index is 11.0. The third-order valence-electron chi connectivity index (χ3n) is 3.18. The molecule has 96 valence electrons. The number of nitrogens with zero attached hydrogens (tertiary/aromatic N) is 3. The van der Waals surface area contributed by atoms with Crippen LogP contribution >= 0.6 is 11.3 Å². The Balaban J connectivity index is 1.80. The van der Waals surface area contributed by atoms with E-state index < -0.39 is 4.92 Å². The summed E-state index contributed by atoms with van der Waals surface area (Å²) in [4.78, 5) is 15.4. The van der Waals surface area contributed by atoms with Crippen molar-refractivity contribution in [2.45, 2.75) is 18.9 Å². The first kappa shape index (κ1) is 11.4. The summed E-state index contributed by atoms with van der Waals surface area (Å²) in [6.45, 7) is 0.614. The zero-order valence-electron chi connectivity index (χ0n) is 9.44. The second kappa shape index (κ2) is 4.21. The Hall–Kier alpha value is -1.67. The van der Waals surface area contributed by atoms with Gasteiger partial charge in [0.1, 0.15) is 6.20 Å². The Kier molecular flexibility index (Phi) is 2.67. The molecule has 2 heterocycles. The third kappa shape index (κ3) is 1.83. The molecule has 2 N–H and O–H groups in total. The maximum atomic E-state index is 11.0. The second-order valence-electron chi connectivity index (χ2n) is 4.47. The highest BCUT2D eigenvalue weighted by Crippen LogP contribution is 2.31. The molecular weight excluding hydrogens is 256 g/mol. The molecule has 0 aliphatic heterocycles. The first-order valence-corrected chi connectivity index (χ1v) is 6.55. The standard InChI is InChI=1S/C10H12N4O3S/c15-7-3-6(4-7)5-11-8-9(14(16)17)13-1-2-18-10(13)12-8/h1-2,6-7,11,15H,3-5H2. The van der Waals surface area contributed by atoms with E-state index in [0.717, 1.165) is 12.8 Å². The Morgan fingerprint density at radius 3 is 3.11 bits per heavy atom. The Morgan fingerprint density at radius 2 is 2.44 bits per heavy atom. The lowest BCUT2D eigenvalue weighted by molar-refractivity contribution is -0.389. The summed E-state index contributed by atoms with van der Waals surface area (Å²) < 4.78 is 1.47. The summed E-state index contributed by atoms with van der Waals surface area (Å²) in [5, 5.41) is 25.0. The molecule has 2 aromatic rings. The van der Waals surface area contributed by atoms with Crippen LogP contribution < -0.4 is 5.32 Å². The van der Waals surface area contributed by atoms with E-state index in [9.17, 15) is 15.2 Å². The van der Waals surface area contributed by atoms with Crippen molar-refractivity contribution in [3.05, 3.63) is 21.7 Å². The van der Waals surface area contributed by atoms with Gasteiger partial charge in [-0.3, -0.25) is 0 Å². The molecule has 0 unspecified atom stereocenters. The van der Waals surface area contributed by atoms with Crippen molar-refractivity contribution >= 4 is 27.9 Å². The van der Waals surface area contributed by atoms with Crippen molar-refractivity contribution < 1.29 is 10.0 Å². The fourth-order valence-electron chi connectivity index (χ4n) is 2.18. The summed E-state index contributed by atoms with van der Waals surface area (Å²) in [6, 6.07) is 0. The largest absolute Gasteiger partial charge is 0.393 e. The molecular formula is C10H12N4O3S. The highest BCUT2D eigenvalue weighted by Gasteiger charge is 2.29. The molecule has 0 spiro atoms. The number of aliphatic hydroxyl groups is 1. The number of imidazole rings is 1. The summed E-state index contributed by atoms with van der Waals surface area (Å²) >= 11 is 1.36. The van der Waals surface area contributed by atoms with Gasteiger partial charge in [-0.1, -0.05) is 11.3 Å². The smallest absolute Gasteiger partial charge is 0.372 e. The monoisotopic (exact) mass is 268 g/mol. The number of rotatable bonds is 4. The average Bonchev–Trinajstić information content (AvgIpc) is 2.81. The van der Waals surface area contributed by atoms with Gasteiger partial charge in [-0.05, 0) is 23.7 Å². The predicted octanol–water partition coefficient (Wildman–Crippen LogP) is 1.49. The van der Waals surface area contributed by atoms with Crippen LogP contribution in [0.1, 0.15) is 12.8 Å². The summed E-state index contributed by atoms with van der Waals surface area (Å²) in [6.07, 6.45) is 2.94. The SMILES string of the molecule is O=[N+]([O-])c1c(NCC2CC(O)C2)nc2sccn12.